The van der Waals surface area contributed by atoms with Crippen molar-refractivity contribution in [2.75, 3.05) is 39.3 Å². The van der Waals surface area contributed by atoms with Gasteiger partial charge in [-0.15, -0.1) is 0 Å². The summed E-state index contributed by atoms with van der Waals surface area (Å²) in [5.41, 5.74) is 0.543. The molecule has 110 valence electrons. The summed E-state index contributed by atoms with van der Waals surface area (Å²) in [7, 11) is 0. The van der Waals surface area contributed by atoms with Gasteiger partial charge in [0.15, 0.2) is 0 Å². The first-order valence-corrected chi connectivity index (χ1v) is 8.35. The van der Waals surface area contributed by atoms with Crippen molar-refractivity contribution in [2.24, 2.45) is 5.41 Å². The third-order valence-electron chi connectivity index (χ3n) is 4.41. The van der Waals surface area contributed by atoms with E-state index in [1.54, 1.807) is 0 Å². The second-order valence-corrected chi connectivity index (χ2v) is 7.17. The van der Waals surface area contributed by atoms with E-state index in [2.05, 4.69) is 26.1 Å². The number of halogens is 2. The van der Waals surface area contributed by atoms with Crippen molar-refractivity contribution in [2.45, 2.75) is 12.8 Å². The molecule has 1 unspecified atom stereocenters. The summed E-state index contributed by atoms with van der Waals surface area (Å²) in [6.45, 7) is 6.51. The maximum Gasteiger partial charge on any atom is 0.133 e. The molecule has 0 bridgehead atoms. The molecule has 5 heteroatoms. The highest BCUT2D eigenvalue weighted by Crippen LogP contribution is 2.35. The van der Waals surface area contributed by atoms with Crippen LogP contribution in [0.15, 0.2) is 22.7 Å². The van der Waals surface area contributed by atoms with E-state index in [0.717, 1.165) is 28.4 Å². The first kappa shape index (κ1) is 14.6. The fourth-order valence-corrected chi connectivity index (χ4v) is 4.04. The minimum absolute atomic E-state index is 0.543. The molecule has 2 aliphatic rings. The molecule has 1 aromatic carbocycles. The Kier molecular flexibility index (Phi) is 4.55. The van der Waals surface area contributed by atoms with Gasteiger partial charge in [0, 0.05) is 24.7 Å². The molecule has 1 atom stereocenters. The highest BCUT2D eigenvalue weighted by atomic mass is 79.9. The van der Waals surface area contributed by atoms with Crippen LogP contribution in [0.25, 0.3) is 0 Å². The fourth-order valence-electron chi connectivity index (χ4n) is 3.24. The minimum Gasteiger partial charge on any atom is -0.491 e. The number of nitrogens with zero attached hydrogens (tertiary/aromatic N) is 1. The molecular weight excluding hydrogens is 340 g/mol. The van der Waals surface area contributed by atoms with Crippen LogP contribution in [0.4, 0.5) is 0 Å². The van der Waals surface area contributed by atoms with Gasteiger partial charge in [0.25, 0.3) is 0 Å². The second kappa shape index (κ2) is 6.22. The van der Waals surface area contributed by atoms with E-state index < -0.39 is 0 Å². The van der Waals surface area contributed by atoms with Crippen molar-refractivity contribution in [1.82, 2.24) is 10.2 Å². The summed E-state index contributed by atoms with van der Waals surface area (Å²) in [5.74, 6) is 0.867. The smallest absolute Gasteiger partial charge is 0.133 e. The Hall–Kier alpha value is -0.290. The highest BCUT2D eigenvalue weighted by molar-refractivity contribution is 9.10. The topological polar surface area (TPSA) is 24.5 Å². The lowest BCUT2D eigenvalue weighted by Gasteiger charge is -2.22. The van der Waals surface area contributed by atoms with Crippen molar-refractivity contribution in [3.05, 3.63) is 27.7 Å². The third-order valence-corrected chi connectivity index (χ3v) is 5.26. The molecule has 2 saturated heterocycles. The van der Waals surface area contributed by atoms with Gasteiger partial charge in [-0.3, -0.25) is 4.90 Å². The third kappa shape index (κ3) is 3.30. The van der Waals surface area contributed by atoms with Crippen LogP contribution in [0.5, 0.6) is 5.75 Å². The molecule has 2 aliphatic heterocycles. The lowest BCUT2D eigenvalue weighted by Crippen LogP contribution is -2.31. The predicted molar refractivity (Wildman–Crippen MR) is 85.6 cm³/mol. The Balaban J connectivity index is 1.46. The SMILES string of the molecule is Clc1ccc(OCCN2CCC3(CCNC3)C2)c(Br)c1. The molecule has 0 saturated carbocycles. The summed E-state index contributed by atoms with van der Waals surface area (Å²) in [6, 6.07) is 5.64. The normalized spacial score (nSPS) is 26.5. The fraction of sp³-hybridized carbons (Fsp3) is 0.600. The van der Waals surface area contributed by atoms with Crippen LogP contribution >= 0.6 is 27.5 Å². The van der Waals surface area contributed by atoms with Crippen molar-refractivity contribution < 1.29 is 4.74 Å². The van der Waals surface area contributed by atoms with Crippen molar-refractivity contribution >= 4 is 27.5 Å². The molecule has 0 amide bonds. The van der Waals surface area contributed by atoms with E-state index >= 15 is 0 Å². The molecular formula is C15H20BrClN2O. The molecule has 1 aromatic rings. The van der Waals surface area contributed by atoms with Gasteiger partial charge in [0.05, 0.1) is 4.47 Å². The number of hydrogen-bond donors (Lipinski definition) is 1. The van der Waals surface area contributed by atoms with Crippen LogP contribution in [0.3, 0.4) is 0 Å². The van der Waals surface area contributed by atoms with Crippen LogP contribution in [-0.4, -0.2) is 44.2 Å². The molecule has 0 radical (unpaired) electrons. The van der Waals surface area contributed by atoms with Crippen molar-refractivity contribution in [1.29, 1.82) is 0 Å². The van der Waals surface area contributed by atoms with Gasteiger partial charge in [0.2, 0.25) is 0 Å². The molecule has 3 rings (SSSR count). The molecule has 3 nitrogen and oxygen atoms in total. The Morgan fingerprint density at radius 3 is 3.05 bits per heavy atom. The Bertz CT molecular complexity index is 477. The summed E-state index contributed by atoms with van der Waals surface area (Å²) in [6.07, 6.45) is 2.65. The lowest BCUT2D eigenvalue weighted by molar-refractivity contribution is 0.217. The summed E-state index contributed by atoms with van der Waals surface area (Å²) >= 11 is 9.40. The number of nitrogens with one attached hydrogen (secondary N) is 1. The summed E-state index contributed by atoms with van der Waals surface area (Å²) < 4.78 is 6.76. The summed E-state index contributed by atoms with van der Waals surface area (Å²) in [5, 5.41) is 4.22. The molecule has 1 spiro atoms. The van der Waals surface area contributed by atoms with Gasteiger partial charge in [-0.05, 0) is 65.5 Å². The number of benzene rings is 1. The van der Waals surface area contributed by atoms with Crippen LogP contribution in [-0.2, 0) is 0 Å². The van der Waals surface area contributed by atoms with Crippen LogP contribution in [0.2, 0.25) is 5.02 Å². The van der Waals surface area contributed by atoms with Gasteiger partial charge in [-0.25, -0.2) is 0 Å². The van der Waals surface area contributed by atoms with Crippen molar-refractivity contribution in [3.8, 4) is 5.75 Å². The van der Waals surface area contributed by atoms with Crippen LogP contribution in [0.1, 0.15) is 12.8 Å². The maximum absolute atomic E-state index is 5.92. The van der Waals surface area contributed by atoms with Gasteiger partial charge >= 0.3 is 0 Å². The summed E-state index contributed by atoms with van der Waals surface area (Å²) in [4.78, 5) is 2.52. The number of ether oxygens (including phenoxy) is 1. The molecule has 2 heterocycles. The van der Waals surface area contributed by atoms with Gasteiger partial charge in [-0.2, -0.15) is 0 Å². The number of rotatable bonds is 4. The zero-order chi connectivity index (χ0) is 14.0. The minimum atomic E-state index is 0.543. The van der Waals surface area contributed by atoms with E-state index in [-0.39, 0.29) is 0 Å². The molecule has 2 fully saturated rings. The van der Waals surface area contributed by atoms with E-state index in [4.69, 9.17) is 16.3 Å². The van der Waals surface area contributed by atoms with Gasteiger partial charge in [-0.1, -0.05) is 11.6 Å². The quantitative estimate of drug-likeness (QED) is 0.893. The number of hydrogen-bond acceptors (Lipinski definition) is 3. The molecule has 0 aliphatic carbocycles. The van der Waals surface area contributed by atoms with E-state index in [1.165, 1.54) is 39.0 Å². The standard InChI is InChI=1S/C15H20BrClN2O/c16-13-9-12(17)1-2-14(13)20-8-7-19-6-4-15(11-19)3-5-18-10-15/h1-2,9,18H,3-8,10-11H2. The molecule has 20 heavy (non-hydrogen) atoms. The van der Waals surface area contributed by atoms with E-state index in [1.807, 2.05) is 18.2 Å². The molecule has 0 aromatic heterocycles. The maximum atomic E-state index is 5.92. The monoisotopic (exact) mass is 358 g/mol. The highest BCUT2D eigenvalue weighted by Gasteiger charge is 2.39. The van der Waals surface area contributed by atoms with Crippen LogP contribution < -0.4 is 10.1 Å². The Labute approximate surface area is 133 Å². The Morgan fingerprint density at radius 2 is 2.30 bits per heavy atom. The predicted octanol–water partition coefficient (Wildman–Crippen LogP) is 3.17. The zero-order valence-corrected chi connectivity index (χ0v) is 13.8. The average molecular weight is 360 g/mol. The first-order valence-electron chi connectivity index (χ1n) is 7.18. The van der Waals surface area contributed by atoms with Crippen LogP contribution in [0, 0.1) is 5.41 Å². The van der Waals surface area contributed by atoms with E-state index in [0.29, 0.717) is 5.41 Å². The Morgan fingerprint density at radius 1 is 1.40 bits per heavy atom. The average Bonchev–Trinajstić information content (AvgIpc) is 3.03. The van der Waals surface area contributed by atoms with Crippen molar-refractivity contribution in [3.63, 3.8) is 0 Å². The van der Waals surface area contributed by atoms with Gasteiger partial charge < -0.3 is 10.1 Å². The zero-order valence-electron chi connectivity index (χ0n) is 11.5. The number of likely N-dealkylation sites (tertiary alicyclic amines) is 1. The molecule has 1 N–H and O–H groups in total. The largest absolute Gasteiger partial charge is 0.491 e. The first-order chi connectivity index (χ1) is 9.67. The van der Waals surface area contributed by atoms with E-state index in [9.17, 15) is 0 Å². The lowest BCUT2D eigenvalue weighted by atomic mass is 9.87. The second-order valence-electron chi connectivity index (χ2n) is 5.88. The van der Waals surface area contributed by atoms with Gasteiger partial charge in [0.1, 0.15) is 12.4 Å².